The van der Waals surface area contributed by atoms with Crippen molar-refractivity contribution in [3.63, 3.8) is 0 Å². The molecule has 1 saturated carbocycles. The number of sulfonamides is 1. The minimum atomic E-state index is -4.75. The normalized spacial score (nSPS) is 23.0. The Labute approximate surface area is 203 Å². The summed E-state index contributed by atoms with van der Waals surface area (Å²) in [6.45, 7) is 5.56. The van der Waals surface area contributed by atoms with Gasteiger partial charge < -0.3 is 9.80 Å². The maximum atomic E-state index is 15.2. The highest BCUT2D eigenvalue weighted by atomic mass is 35.5. The third-order valence-corrected chi connectivity index (χ3v) is 9.47. The molecular formula is C23H28ClF3N4O2S. The third-order valence-electron chi connectivity index (χ3n) is 7.72. The van der Waals surface area contributed by atoms with Crippen LogP contribution in [-0.4, -0.2) is 51.0 Å². The number of halogens is 4. The first kappa shape index (κ1) is 25.1. The van der Waals surface area contributed by atoms with Gasteiger partial charge in [-0.1, -0.05) is 17.7 Å². The predicted octanol–water partition coefficient (Wildman–Crippen LogP) is 4.90. The van der Waals surface area contributed by atoms with Crippen molar-refractivity contribution in [3.05, 3.63) is 46.9 Å². The average Bonchev–Trinajstić information content (AvgIpc) is 3.16. The molecule has 2 atom stereocenters. The smallest absolute Gasteiger partial charge is 0.268 e. The van der Waals surface area contributed by atoms with Gasteiger partial charge in [0.15, 0.2) is 10.7 Å². The van der Waals surface area contributed by atoms with Crippen LogP contribution in [0.4, 0.5) is 24.7 Å². The molecule has 0 radical (unpaired) electrons. The lowest BCUT2D eigenvalue weighted by Crippen LogP contribution is -2.58. The fourth-order valence-electron chi connectivity index (χ4n) is 5.40. The van der Waals surface area contributed by atoms with E-state index in [-0.39, 0.29) is 16.6 Å². The van der Waals surface area contributed by atoms with Crippen LogP contribution in [0.15, 0.2) is 29.2 Å². The Balaban J connectivity index is 1.63. The molecule has 1 N–H and O–H groups in total. The van der Waals surface area contributed by atoms with Crippen molar-refractivity contribution in [2.45, 2.75) is 43.5 Å². The summed E-state index contributed by atoms with van der Waals surface area (Å²) in [6.07, 6.45) is 2.96. The SMILES string of the molecule is CN(C)C(C)(C)C1CC[C@@]12CCN(c1cc(F)c(S(=O)(=O)Nc3cccc(F)n3)c(F)c1Cl)C2. The second-order valence-electron chi connectivity index (χ2n) is 9.96. The molecule has 1 unspecified atom stereocenters. The van der Waals surface area contributed by atoms with Crippen LogP contribution >= 0.6 is 11.6 Å². The number of benzene rings is 1. The maximum Gasteiger partial charge on any atom is 0.268 e. The summed E-state index contributed by atoms with van der Waals surface area (Å²) >= 11 is 6.26. The lowest BCUT2D eigenvalue weighted by atomic mass is 9.53. The van der Waals surface area contributed by atoms with Gasteiger partial charge in [0.2, 0.25) is 5.95 Å². The minimum absolute atomic E-state index is 0.0133. The fraction of sp³-hybridized carbons (Fsp3) is 0.522. The highest BCUT2D eigenvalue weighted by Gasteiger charge is 2.56. The van der Waals surface area contributed by atoms with Crippen LogP contribution in [0, 0.1) is 28.9 Å². The average molecular weight is 517 g/mol. The van der Waals surface area contributed by atoms with Crippen LogP contribution in [0.25, 0.3) is 0 Å². The molecule has 1 aromatic carbocycles. The molecule has 34 heavy (non-hydrogen) atoms. The molecular weight excluding hydrogens is 489 g/mol. The van der Waals surface area contributed by atoms with Crippen LogP contribution in [0.1, 0.15) is 33.1 Å². The molecule has 186 valence electrons. The minimum Gasteiger partial charge on any atom is -0.370 e. The quantitative estimate of drug-likeness (QED) is 0.437. The molecule has 1 aliphatic carbocycles. The first-order chi connectivity index (χ1) is 15.8. The zero-order valence-corrected chi connectivity index (χ0v) is 21.1. The summed E-state index contributed by atoms with van der Waals surface area (Å²) < 4.78 is 70.8. The molecule has 11 heteroatoms. The zero-order valence-electron chi connectivity index (χ0n) is 19.5. The van der Waals surface area contributed by atoms with Gasteiger partial charge in [0, 0.05) is 24.7 Å². The molecule has 6 nitrogen and oxygen atoms in total. The van der Waals surface area contributed by atoms with Gasteiger partial charge in [-0.05, 0) is 70.7 Å². The number of aromatic nitrogens is 1. The van der Waals surface area contributed by atoms with Gasteiger partial charge in [0.1, 0.15) is 16.7 Å². The zero-order chi connectivity index (χ0) is 25.1. The number of anilines is 2. The summed E-state index contributed by atoms with van der Waals surface area (Å²) in [5.41, 5.74) is 0.104. The topological polar surface area (TPSA) is 65.5 Å². The summed E-state index contributed by atoms with van der Waals surface area (Å²) in [5.74, 6) is -3.60. The standard InChI is InChI=1S/C23H28ClF3N4O2S/c1-22(2,30(3)4)16-8-9-23(16)10-11-31(13-23)15-12-14(25)21(20(27)19(15)24)34(32,33)29-18-7-5-6-17(26)28-18/h5-7,12,16H,8-11,13H2,1-4H3,(H,28,29)/t16?,23-/m0/s1. The van der Waals surface area contributed by atoms with E-state index in [1.54, 1.807) is 0 Å². The van der Waals surface area contributed by atoms with Crippen molar-refractivity contribution in [1.29, 1.82) is 0 Å². The van der Waals surface area contributed by atoms with Crippen LogP contribution in [-0.2, 0) is 10.0 Å². The lowest BCUT2D eigenvalue weighted by Gasteiger charge is -2.57. The predicted molar refractivity (Wildman–Crippen MR) is 126 cm³/mol. The second kappa shape index (κ2) is 8.57. The van der Waals surface area contributed by atoms with Gasteiger partial charge in [-0.2, -0.15) is 4.39 Å². The molecule has 2 heterocycles. The van der Waals surface area contributed by atoms with E-state index in [9.17, 15) is 12.8 Å². The number of hydrogen-bond acceptors (Lipinski definition) is 5. The molecule has 2 fully saturated rings. The Hall–Kier alpha value is -2.04. The second-order valence-corrected chi connectivity index (χ2v) is 12.0. The number of pyridine rings is 1. The first-order valence-corrected chi connectivity index (χ1v) is 12.9. The first-order valence-electron chi connectivity index (χ1n) is 11.0. The van der Waals surface area contributed by atoms with Gasteiger partial charge in [0.25, 0.3) is 10.0 Å². The number of hydrogen-bond donors (Lipinski definition) is 1. The molecule has 2 aromatic rings. The van der Waals surface area contributed by atoms with Crippen molar-refractivity contribution in [3.8, 4) is 0 Å². The highest BCUT2D eigenvalue weighted by Crippen LogP contribution is 2.58. The van der Waals surface area contributed by atoms with E-state index in [0.29, 0.717) is 19.0 Å². The van der Waals surface area contributed by atoms with Crippen LogP contribution in [0.2, 0.25) is 5.02 Å². The fourth-order valence-corrected chi connectivity index (χ4v) is 6.87. The van der Waals surface area contributed by atoms with Crippen LogP contribution < -0.4 is 9.62 Å². The van der Waals surface area contributed by atoms with Gasteiger partial charge in [0.05, 0.1) is 5.69 Å². The van der Waals surface area contributed by atoms with E-state index in [1.807, 2.05) is 23.7 Å². The Morgan fingerprint density at radius 1 is 1.24 bits per heavy atom. The van der Waals surface area contributed by atoms with Crippen molar-refractivity contribution in [2.24, 2.45) is 11.3 Å². The molecule has 0 amide bonds. The maximum absolute atomic E-state index is 15.2. The van der Waals surface area contributed by atoms with Gasteiger partial charge in [-0.15, -0.1) is 0 Å². The molecule has 1 aromatic heterocycles. The summed E-state index contributed by atoms with van der Waals surface area (Å²) in [4.78, 5) is 6.18. The van der Waals surface area contributed by atoms with Crippen molar-refractivity contribution >= 4 is 33.1 Å². The van der Waals surface area contributed by atoms with Gasteiger partial charge in [-0.25, -0.2) is 22.2 Å². The molecule has 1 spiro atoms. The molecule has 4 rings (SSSR count). The molecule has 2 aliphatic rings. The largest absolute Gasteiger partial charge is 0.370 e. The van der Waals surface area contributed by atoms with Gasteiger partial charge >= 0.3 is 0 Å². The Morgan fingerprint density at radius 3 is 2.53 bits per heavy atom. The summed E-state index contributed by atoms with van der Waals surface area (Å²) in [5, 5.41) is -0.464. The van der Waals surface area contributed by atoms with E-state index >= 15 is 8.78 Å². The molecule has 1 aliphatic heterocycles. The third kappa shape index (κ3) is 4.13. The van der Waals surface area contributed by atoms with Crippen molar-refractivity contribution in [2.75, 3.05) is 36.8 Å². The summed E-state index contributed by atoms with van der Waals surface area (Å²) in [6, 6.07) is 4.36. The lowest BCUT2D eigenvalue weighted by molar-refractivity contribution is -0.0539. The van der Waals surface area contributed by atoms with E-state index in [2.05, 4.69) is 23.7 Å². The molecule has 0 bridgehead atoms. The monoisotopic (exact) mass is 516 g/mol. The van der Waals surface area contributed by atoms with Crippen LogP contribution in [0.5, 0.6) is 0 Å². The van der Waals surface area contributed by atoms with E-state index < -0.39 is 43.3 Å². The number of rotatable bonds is 6. The Morgan fingerprint density at radius 2 is 1.94 bits per heavy atom. The Kier molecular flexibility index (Phi) is 6.31. The van der Waals surface area contributed by atoms with Gasteiger partial charge in [-0.3, -0.25) is 4.72 Å². The highest BCUT2D eigenvalue weighted by molar-refractivity contribution is 7.92. The Bertz CT molecular complexity index is 1220. The van der Waals surface area contributed by atoms with Crippen LogP contribution in [0.3, 0.4) is 0 Å². The number of nitrogens with one attached hydrogen (secondary N) is 1. The number of nitrogens with zero attached hydrogens (tertiary/aromatic N) is 3. The van der Waals surface area contributed by atoms with E-state index in [0.717, 1.165) is 31.4 Å². The summed E-state index contributed by atoms with van der Waals surface area (Å²) in [7, 11) is -0.649. The van der Waals surface area contributed by atoms with Crippen molar-refractivity contribution in [1.82, 2.24) is 9.88 Å². The molecule has 1 saturated heterocycles. The van der Waals surface area contributed by atoms with E-state index in [1.165, 1.54) is 12.1 Å². The van der Waals surface area contributed by atoms with Crippen molar-refractivity contribution < 1.29 is 21.6 Å². The van der Waals surface area contributed by atoms with E-state index in [4.69, 9.17) is 11.6 Å².